The largest absolute Gasteiger partial charge is 0.493 e. The molecule has 2 fully saturated rings. The summed E-state index contributed by atoms with van der Waals surface area (Å²) >= 11 is 0. The molecule has 1 saturated carbocycles. The number of piperidine rings is 1. The molecule has 0 spiro atoms. The first-order chi connectivity index (χ1) is 17.5. The molecule has 0 bridgehead atoms. The number of rotatable bonds is 6. The van der Waals surface area contributed by atoms with E-state index in [-0.39, 0.29) is 24.7 Å². The Morgan fingerprint density at radius 3 is 2.50 bits per heavy atom. The molecule has 2 aliphatic heterocycles. The van der Waals surface area contributed by atoms with Gasteiger partial charge in [0.15, 0.2) is 23.0 Å². The van der Waals surface area contributed by atoms with Crippen molar-refractivity contribution in [2.24, 2.45) is 5.92 Å². The summed E-state index contributed by atoms with van der Waals surface area (Å²) < 4.78 is 27.4. The molecule has 2 aromatic rings. The normalized spacial score (nSPS) is 24.9. The van der Waals surface area contributed by atoms with Crippen LogP contribution in [0, 0.1) is 5.92 Å². The number of amides is 1. The Morgan fingerprint density at radius 1 is 1.03 bits per heavy atom. The number of aliphatic hydroxyl groups is 1. The van der Waals surface area contributed by atoms with Crippen LogP contribution in [0.2, 0.25) is 0 Å². The maximum absolute atomic E-state index is 13.6. The highest BCUT2D eigenvalue weighted by Gasteiger charge is 2.50. The highest BCUT2D eigenvalue weighted by atomic mass is 16.7. The minimum absolute atomic E-state index is 0.0427. The van der Waals surface area contributed by atoms with Crippen molar-refractivity contribution in [3.8, 4) is 28.7 Å². The highest BCUT2D eigenvalue weighted by Crippen LogP contribution is 2.50. The van der Waals surface area contributed by atoms with Gasteiger partial charge in [0.1, 0.15) is 0 Å². The van der Waals surface area contributed by atoms with E-state index < -0.39 is 5.60 Å². The highest BCUT2D eigenvalue weighted by molar-refractivity contribution is 5.92. The molecule has 1 N–H and O–H groups in total. The van der Waals surface area contributed by atoms with Crippen LogP contribution in [0.3, 0.4) is 0 Å². The summed E-state index contributed by atoms with van der Waals surface area (Å²) in [4.78, 5) is 15.5. The molecule has 2 aromatic carbocycles. The lowest BCUT2D eigenvalue weighted by Gasteiger charge is -2.52. The van der Waals surface area contributed by atoms with Crippen molar-refractivity contribution < 1.29 is 33.6 Å². The number of carbonyl (C=O) groups is 1. The minimum atomic E-state index is -0.767. The van der Waals surface area contributed by atoms with Gasteiger partial charge in [-0.1, -0.05) is 18.9 Å². The predicted molar refractivity (Wildman–Crippen MR) is 134 cm³/mol. The molecule has 8 nitrogen and oxygen atoms in total. The average Bonchev–Trinajstić information content (AvgIpc) is 3.38. The Balaban J connectivity index is 1.47. The smallest absolute Gasteiger partial charge is 0.247 e. The number of likely N-dealkylation sites (tertiary alicyclic amines) is 1. The molecule has 0 aromatic heterocycles. The van der Waals surface area contributed by atoms with Crippen LogP contribution in [0.4, 0.5) is 0 Å². The number of fused-ring (bicyclic) bond motifs is 2. The summed E-state index contributed by atoms with van der Waals surface area (Å²) in [6.45, 7) is 0.668. The lowest BCUT2D eigenvalue weighted by molar-refractivity contribution is -0.150. The molecule has 8 heteroatoms. The second-order valence-corrected chi connectivity index (χ2v) is 9.59. The summed E-state index contributed by atoms with van der Waals surface area (Å²) in [6.07, 6.45) is 7.59. The Hall–Kier alpha value is -3.39. The van der Waals surface area contributed by atoms with Gasteiger partial charge >= 0.3 is 0 Å². The third kappa shape index (κ3) is 4.34. The third-order valence-corrected chi connectivity index (χ3v) is 7.69. The van der Waals surface area contributed by atoms with E-state index >= 15 is 0 Å². The second-order valence-electron chi connectivity index (χ2n) is 9.59. The quantitative estimate of drug-likeness (QED) is 0.597. The van der Waals surface area contributed by atoms with Gasteiger partial charge in [0.2, 0.25) is 18.4 Å². The second kappa shape index (κ2) is 9.93. The molecular formula is C28H33NO7. The number of carbonyl (C=O) groups excluding carboxylic acids is 1. The van der Waals surface area contributed by atoms with Crippen molar-refractivity contribution >= 4 is 12.0 Å². The number of methoxy groups -OCH3 is 3. The van der Waals surface area contributed by atoms with E-state index in [1.54, 1.807) is 45.6 Å². The van der Waals surface area contributed by atoms with Crippen molar-refractivity contribution in [3.05, 3.63) is 47.5 Å². The Kier molecular flexibility index (Phi) is 6.71. The summed E-state index contributed by atoms with van der Waals surface area (Å²) in [6, 6.07) is 9.18. The maximum Gasteiger partial charge on any atom is 0.247 e. The summed E-state index contributed by atoms with van der Waals surface area (Å²) in [5, 5.41) is 11.5. The summed E-state index contributed by atoms with van der Waals surface area (Å²) in [5.41, 5.74) is 0.943. The van der Waals surface area contributed by atoms with Crippen molar-refractivity contribution in [2.45, 2.75) is 43.7 Å². The van der Waals surface area contributed by atoms with Gasteiger partial charge < -0.3 is 33.7 Å². The van der Waals surface area contributed by atoms with Crippen molar-refractivity contribution in [1.82, 2.24) is 4.90 Å². The fourth-order valence-electron chi connectivity index (χ4n) is 5.90. The first-order valence-electron chi connectivity index (χ1n) is 12.4. The molecule has 0 radical (unpaired) electrons. The number of benzene rings is 2. The minimum Gasteiger partial charge on any atom is -0.493 e. The van der Waals surface area contributed by atoms with Crippen LogP contribution in [0.5, 0.6) is 28.7 Å². The average molecular weight is 496 g/mol. The zero-order chi connectivity index (χ0) is 25.3. The lowest BCUT2D eigenvalue weighted by Crippen LogP contribution is -2.56. The fraction of sp³-hybridized carbons (Fsp3) is 0.464. The molecule has 3 unspecified atom stereocenters. The monoisotopic (exact) mass is 495 g/mol. The SMILES string of the molecule is COc1cc(C=CC(=O)N2CCC3(O)CCCCC3C2c2ccc3c(c2)OCO3)cc(OC)c1OC. The van der Waals surface area contributed by atoms with E-state index in [0.717, 1.165) is 36.8 Å². The van der Waals surface area contributed by atoms with E-state index in [9.17, 15) is 9.90 Å². The van der Waals surface area contributed by atoms with Crippen LogP contribution in [0.15, 0.2) is 36.4 Å². The van der Waals surface area contributed by atoms with Gasteiger partial charge in [-0.3, -0.25) is 4.79 Å². The summed E-state index contributed by atoms with van der Waals surface area (Å²) in [7, 11) is 4.67. The van der Waals surface area contributed by atoms with Crippen molar-refractivity contribution in [2.75, 3.05) is 34.7 Å². The van der Waals surface area contributed by atoms with E-state index in [1.165, 1.54) is 0 Å². The van der Waals surface area contributed by atoms with Gasteiger partial charge in [0.25, 0.3) is 0 Å². The molecule has 1 saturated heterocycles. The molecule has 1 amide bonds. The number of hydrogen-bond donors (Lipinski definition) is 1. The van der Waals surface area contributed by atoms with E-state index in [2.05, 4.69) is 0 Å². The molecule has 3 aliphatic rings. The zero-order valence-electron chi connectivity index (χ0n) is 21.0. The van der Waals surface area contributed by atoms with Crippen LogP contribution in [0.25, 0.3) is 6.08 Å². The number of ether oxygens (including phenoxy) is 5. The molecular weight excluding hydrogens is 462 g/mol. The van der Waals surface area contributed by atoms with E-state index in [0.29, 0.717) is 41.7 Å². The van der Waals surface area contributed by atoms with Crippen LogP contribution in [-0.4, -0.2) is 56.2 Å². The molecule has 1 aliphatic carbocycles. The first-order valence-corrected chi connectivity index (χ1v) is 12.4. The van der Waals surface area contributed by atoms with E-state index in [4.69, 9.17) is 23.7 Å². The van der Waals surface area contributed by atoms with Crippen LogP contribution < -0.4 is 23.7 Å². The van der Waals surface area contributed by atoms with Crippen LogP contribution in [-0.2, 0) is 4.79 Å². The molecule has 5 rings (SSSR count). The maximum atomic E-state index is 13.6. The topological polar surface area (TPSA) is 86.7 Å². The Labute approximate surface area is 211 Å². The Morgan fingerprint density at radius 2 is 1.78 bits per heavy atom. The van der Waals surface area contributed by atoms with Crippen molar-refractivity contribution in [1.29, 1.82) is 0 Å². The first kappa shape index (κ1) is 24.3. The van der Waals surface area contributed by atoms with Crippen LogP contribution >= 0.6 is 0 Å². The van der Waals surface area contributed by atoms with Crippen LogP contribution in [0.1, 0.15) is 49.3 Å². The number of nitrogens with zero attached hydrogens (tertiary/aromatic N) is 1. The third-order valence-electron chi connectivity index (χ3n) is 7.69. The summed E-state index contributed by atoms with van der Waals surface area (Å²) in [5.74, 6) is 2.77. The lowest BCUT2D eigenvalue weighted by atomic mass is 9.66. The molecule has 3 atom stereocenters. The van der Waals surface area contributed by atoms with Crippen molar-refractivity contribution in [3.63, 3.8) is 0 Å². The van der Waals surface area contributed by atoms with E-state index in [1.807, 2.05) is 23.1 Å². The van der Waals surface area contributed by atoms with Gasteiger partial charge in [-0.25, -0.2) is 0 Å². The van der Waals surface area contributed by atoms with Gasteiger partial charge in [-0.15, -0.1) is 0 Å². The van der Waals surface area contributed by atoms with Gasteiger partial charge in [-0.05, 0) is 60.7 Å². The zero-order valence-corrected chi connectivity index (χ0v) is 21.0. The number of hydrogen-bond acceptors (Lipinski definition) is 7. The van der Waals surface area contributed by atoms with Gasteiger partial charge in [0.05, 0.1) is 33.0 Å². The Bertz CT molecular complexity index is 1140. The fourth-order valence-corrected chi connectivity index (χ4v) is 5.90. The predicted octanol–water partition coefficient (Wildman–Crippen LogP) is 4.35. The molecule has 2 heterocycles. The van der Waals surface area contributed by atoms with Gasteiger partial charge in [0, 0.05) is 18.5 Å². The molecule has 192 valence electrons. The van der Waals surface area contributed by atoms with Gasteiger partial charge in [-0.2, -0.15) is 0 Å². The standard InChI is InChI=1S/C28H33NO7/c1-32-23-14-18(15-24(33-2)27(23)34-3)7-10-25(30)29-13-12-28(31)11-5-4-6-20(28)26(29)19-8-9-21-22(16-19)36-17-35-21/h7-10,14-16,20,26,31H,4-6,11-13,17H2,1-3H3. The molecule has 36 heavy (non-hydrogen) atoms.